The maximum absolute atomic E-state index is 12.0. The van der Waals surface area contributed by atoms with Crippen LogP contribution in [0.5, 0.6) is 0 Å². The number of nitrogens with zero attached hydrogens (tertiary/aromatic N) is 1. The van der Waals surface area contributed by atoms with E-state index in [1.807, 2.05) is 0 Å². The summed E-state index contributed by atoms with van der Waals surface area (Å²) in [6, 6.07) is -0.229. The van der Waals surface area contributed by atoms with Gasteiger partial charge in [0.15, 0.2) is 9.84 Å². The van der Waals surface area contributed by atoms with E-state index in [1.54, 1.807) is 4.90 Å². The van der Waals surface area contributed by atoms with Crippen molar-refractivity contribution in [2.75, 3.05) is 38.3 Å². The van der Waals surface area contributed by atoms with Crippen LogP contribution in [-0.4, -0.2) is 68.8 Å². The van der Waals surface area contributed by atoms with Gasteiger partial charge < -0.3 is 15.5 Å². The lowest BCUT2D eigenvalue weighted by Crippen LogP contribution is -2.48. The predicted octanol–water partition coefficient (Wildman–Crippen LogP) is -0.440. The van der Waals surface area contributed by atoms with Gasteiger partial charge in [0.2, 0.25) is 5.91 Å². The molecule has 1 heterocycles. The highest BCUT2D eigenvalue weighted by Crippen LogP contribution is 2.18. The molecule has 3 amide bonds. The third-order valence-corrected chi connectivity index (χ3v) is 5.56. The van der Waals surface area contributed by atoms with E-state index in [-0.39, 0.29) is 6.03 Å². The Balaban J connectivity index is 2.49. The van der Waals surface area contributed by atoms with Gasteiger partial charge in [-0.15, -0.1) is 11.6 Å². The van der Waals surface area contributed by atoms with Gasteiger partial charge in [-0.1, -0.05) is 0 Å². The Labute approximate surface area is 123 Å². The highest BCUT2D eigenvalue weighted by Gasteiger charge is 2.32. The number of urea groups is 1. The monoisotopic (exact) mass is 325 g/mol. The number of carbonyl (C=O) groups is 2. The number of rotatable bonds is 5. The third-order valence-electron chi connectivity index (χ3n) is 3.22. The first-order chi connectivity index (χ1) is 9.40. The summed E-state index contributed by atoms with van der Waals surface area (Å²) in [5, 5.41) is 4.39. The fourth-order valence-corrected chi connectivity index (χ4v) is 3.83. The Morgan fingerprint density at radius 3 is 2.40 bits per heavy atom. The van der Waals surface area contributed by atoms with Gasteiger partial charge in [0.05, 0.1) is 5.25 Å². The summed E-state index contributed by atoms with van der Waals surface area (Å²) in [5.41, 5.74) is 0. The normalized spacial score (nSPS) is 16.8. The van der Waals surface area contributed by atoms with Gasteiger partial charge in [-0.25, -0.2) is 13.2 Å². The second-order valence-corrected chi connectivity index (χ2v) is 7.25. The number of hydrogen-bond donors (Lipinski definition) is 2. The number of carbonyl (C=O) groups excluding carboxylic acids is 2. The summed E-state index contributed by atoms with van der Waals surface area (Å²) < 4.78 is 24.0. The third kappa shape index (κ3) is 4.82. The van der Waals surface area contributed by atoms with Gasteiger partial charge in [-0.3, -0.25) is 4.79 Å². The average Bonchev–Trinajstić information content (AvgIpc) is 2.44. The molecule has 0 saturated carbocycles. The van der Waals surface area contributed by atoms with E-state index >= 15 is 0 Å². The number of nitrogens with one attached hydrogen (secondary N) is 2. The second kappa shape index (κ2) is 7.68. The lowest BCUT2D eigenvalue weighted by molar-refractivity contribution is -0.118. The first-order valence-electron chi connectivity index (χ1n) is 6.41. The van der Waals surface area contributed by atoms with Gasteiger partial charge in [0.25, 0.3) is 0 Å². The van der Waals surface area contributed by atoms with Crippen molar-refractivity contribution in [3.8, 4) is 0 Å². The SMILES string of the molecule is CNC(=O)CS(=O)(=O)C1CCN(C(=O)NCCCl)CC1. The van der Waals surface area contributed by atoms with Crippen LogP contribution >= 0.6 is 11.6 Å². The molecule has 0 radical (unpaired) electrons. The molecule has 20 heavy (non-hydrogen) atoms. The van der Waals surface area contributed by atoms with Crippen LogP contribution in [0.4, 0.5) is 4.79 Å². The zero-order valence-electron chi connectivity index (χ0n) is 11.4. The minimum atomic E-state index is -3.45. The number of likely N-dealkylation sites (tertiary alicyclic amines) is 1. The molecule has 2 N–H and O–H groups in total. The van der Waals surface area contributed by atoms with Crippen molar-refractivity contribution in [2.24, 2.45) is 0 Å². The molecule has 0 unspecified atom stereocenters. The van der Waals surface area contributed by atoms with Crippen LogP contribution in [0.2, 0.25) is 0 Å². The molecule has 1 aliphatic rings. The average molecular weight is 326 g/mol. The number of sulfone groups is 1. The second-order valence-electron chi connectivity index (χ2n) is 4.59. The van der Waals surface area contributed by atoms with E-state index in [0.717, 1.165) is 0 Å². The number of hydrogen-bond acceptors (Lipinski definition) is 4. The van der Waals surface area contributed by atoms with Crippen LogP contribution in [0.25, 0.3) is 0 Å². The predicted molar refractivity (Wildman–Crippen MR) is 76.6 cm³/mol. The smallest absolute Gasteiger partial charge is 0.317 e. The number of amides is 3. The van der Waals surface area contributed by atoms with Gasteiger partial charge in [0, 0.05) is 32.6 Å². The molecule has 0 bridgehead atoms. The van der Waals surface area contributed by atoms with Crippen LogP contribution < -0.4 is 10.6 Å². The number of piperidine rings is 1. The molecule has 0 aromatic carbocycles. The van der Waals surface area contributed by atoms with Gasteiger partial charge in [0.1, 0.15) is 5.75 Å². The van der Waals surface area contributed by atoms with E-state index in [0.29, 0.717) is 38.4 Å². The van der Waals surface area contributed by atoms with Crippen molar-refractivity contribution in [3.63, 3.8) is 0 Å². The van der Waals surface area contributed by atoms with Crippen molar-refractivity contribution in [1.29, 1.82) is 0 Å². The molecule has 9 heteroatoms. The number of alkyl halides is 1. The molecule has 0 spiro atoms. The molecule has 0 aliphatic carbocycles. The fraction of sp³-hybridized carbons (Fsp3) is 0.818. The molecule has 0 atom stereocenters. The molecule has 1 saturated heterocycles. The molecule has 1 aliphatic heterocycles. The summed E-state index contributed by atoms with van der Waals surface area (Å²) in [6.45, 7) is 1.12. The lowest BCUT2D eigenvalue weighted by Gasteiger charge is -2.31. The molecule has 1 fully saturated rings. The summed E-state index contributed by atoms with van der Waals surface area (Å²) in [5.74, 6) is -0.665. The molecule has 1 rings (SSSR count). The molecule has 116 valence electrons. The highest BCUT2D eigenvalue weighted by atomic mass is 35.5. The topological polar surface area (TPSA) is 95.6 Å². The summed E-state index contributed by atoms with van der Waals surface area (Å²) in [7, 11) is -2.05. The fourth-order valence-electron chi connectivity index (χ4n) is 2.06. The first kappa shape index (κ1) is 17.0. The van der Waals surface area contributed by atoms with Crippen molar-refractivity contribution in [1.82, 2.24) is 15.5 Å². The van der Waals surface area contributed by atoms with Gasteiger partial charge >= 0.3 is 6.03 Å². The minimum absolute atomic E-state index is 0.229. The molecule has 0 aromatic rings. The summed E-state index contributed by atoms with van der Waals surface area (Å²) in [6.07, 6.45) is 0.710. The van der Waals surface area contributed by atoms with Crippen molar-refractivity contribution in [3.05, 3.63) is 0 Å². The molecular weight excluding hydrogens is 306 g/mol. The van der Waals surface area contributed by atoms with Crippen molar-refractivity contribution < 1.29 is 18.0 Å². The summed E-state index contributed by atoms with van der Waals surface area (Å²) >= 11 is 5.48. The van der Waals surface area contributed by atoms with E-state index in [4.69, 9.17) is 11.6 Å². The molecule has 7 nitrogen and oxygen atoms in total. The van der Waals surface area contributed by atoms with E-state index in [2.05, 4.69) is 10.6 Å². The Morgan fingerprint density at radius 2 is 1.90 bits per heavy atom. The van der Waals surface area contributed by atoms with Crippen LogP contribution in [-0.2, 0) is 14.6 Å². The van der Waals surface area contributed by atoms with Crippen LogP contribution in [0, 0.1) is 0 Å². The first-order valence-corrected chi connectivity index (χ1v) is 8.66. The molecular formula is C11H20ClN3O4S. The summed E-state index contributed by atoms with van der Waals surface area (Å²) in [4.78, 5) is 24.4. The van der Waals surface area contributed by atoms with Crippen molar-refractivity contribution >= 4 is 33.4 Å². The Hall–Kier alpha value is -1.02. The zero-order chi connectivity index (χ0) is 15.2. The van der Waals surface area contributed by atoms with Gasteiger partial charge in [-0.05, 0) is 12.8 Å². The lowest BCUT2D eigenvalue weighted by atomic mass is 10.1. The zero-order valence-corrected chi connectivity index (χ0v) is 13.0. The molecule has 0 aromatic heterocycles. The van der Waals surface area contributed by atoms with Crippen LogP contribution in [0.1, 0.15) is 12.8 Å². The van der Waals surface area contributed by atoms with Crippen LogP contribution in [0.15, 0.2) is 0 Å². The largest absolute Gasteiger partial charge is 0.358 e. The van der Waals surface area contributed by atoms with E-state index < -0.39 is 26.7 Å². The standard InChI is InChI=1S/C11H20ClN3O4S/c1-13-10(16)8-20(18,19)9-2-6-15(7-3-9)11(17)14-5-4-12/h9H,2-8H2,1H3,(H,13,16)(H,14,17). The van der Waals surface area contributed by atoms with Gasteiger partial charge in [-0.2, -0.15) is 0 Å². The Morgan fingerprint density at radius 1 is 1.30 bits per heavy atom. The quantitative estimate of drug-likeness (QED) is 0.670. The number of halogens is 1. The maximum atomic E-state index is 12.0. The maximum Gasteiger partial charge on any atom is 0.317 e. The Kier molecular flexibility index (Phi) is 6.54. The van der Waals surface area contributed by atoms with E-state index in [9.17, 15) is 18.0 Å². The van der Waals surface area contributed by atoms with Crippen LogP contribution in [0.3, 0.4) is 0 Å². The Bertz CT molecular complexity index is 447. The van der Waals surface area contributed by atoms with E-state index in [1.165, 1.54) is 7.05 Å². The highest BCUT2D eigenvalue weighted by molar-refractivity contribution is 7.92. The van der Waals surface area contributed by atoms with Crippen molar-refractivity contribution in [2.45, 2.75) is 18.1 Å². The minimum Gasteiger partial charge on any atom is -0.358 e.